The molecule has 1 heterocycles. The predicted molar refractivity (Wildman–Crippen MR) is 122 cm³/mol. The van der Waals surface area contributed by atoms with Crippen molar-refractivity contribution in [1.82, 2.24) is 10.6 Å². The van der Waals surface area contributed by atoms with Crippen molar-refractivity contribution in [3.8, 4) is 17.2 Å². The smallest absolute Gasteiger partial charge is 0.238 e. The summed E-state index contributed by atoms with van der Waals surface area (Å²) < 4.78 is 40.2. The maximum Gasteiger partial charge on any atom is 0.238 e. The Morgan fingerprint density at radius 3 is 2.64 bits per heavy atom. The Bertz CT molecular complexity index is 1260. The van der Waals surface area contributed by atoms with E-state index < -0.39 is 21.9 Å². The van der Waals surface area contributed by atoms with E-state index in [4.69, 9.17) is 0 Å². The van der Waals surface area contributed by atoms with Gasteiger partial charge in [0, 0.05) is 18.2 Å². The highest BCUT2D eigenvalue weighted by molar-refractivity contribution is 7.92. The lowest BCUT2D eigenvalue weighted by atomic mass is 9.96. The summed E-state index contributed by atoms with van der Waals surface area (Å²) in [7, 11) is -3.42. The molecule has 2 aromatic rings. The molecular weight excluding hydrogens is 443 g/mol. The molecule has 2 aromatic carbocycles. The summed E-state index contributed by atoms with van der Waals surface area (Å²) in [6, 6.07) is 12.8. The Morgan fingerprint density at radius 2 is 1.97 bits per heavy atom. The minimum absolute atomic E-state index is 0.0664. The third-order valence-corrected chi connectivity index (χ3v) is 7.64. The highest BCUT2D eigenvalue weighted by Gasteiger charge is 2.62. The zero-order chi connectivity index (χ0) is 23.3. The van der Waals surface area contributed by atoms with Crippen LogP contribution in [0.3, 0.4) is 0 Å². The highest BCUT2D eigenvalue weighted by Crippen LogP contribution is 2.59. The molecule has 172 valence electrons. The number of amides is 1. The van der Waals surface area contributed by atoms with Crippen LogP contribution in [-0.2, 0) is 21.2 Å². The number of piperidine rings is 1. The topological polar surface area (TPSA) is 111 Å². The van der Waals surface area contributed by atoms with E-state index in [-0.39, 0.29) is 18.4 Å². The van der Waals surface area contributed by atoms with Gasteiger partial charge in [0.25, 0.3) is 0 Å². The lowest BCUT2D eigenvalue weighted by Crippen LogP contribution is -2.51. The Kier molecular flexibility index (Phi) is 5.38. The molecule has 2 saturated carbocycles. The van der Waals surface area contributed by atoms with Crippen molar-refractivity contribution in [2.45, 2.75) is 37.4 Å². The monoisotopic (exact) mass is 468 g/mol. The van der Waals surface area contributed by atoms with Crippen LogP contribution in [0.1, 0.15) is 18.4 Å². The fourth-order valence-electron chi connectivity index (χ4n) is 5.51. The summed E-state index contributed by atoms with van der Waals surface area (Å²) in [5.41, 5.74) is 1.95. The average molecular weight is 469 g/mol. The number of rotatable bonds is 7. The van der Waals surface area contributed by atoms with Crippen LogP contribution >= 0.6 is 0 Å². The first-order valence-corrected chi connectivity index (χ1v) is 12.9. The van der Waals surface area contributed by atoms with Crippen molar-refractivity contribution in [3.05, 3.63) is 53.8 Å². The second kappa shape index (κ2) is 8.12. The quantitative estimate of drug-likeness (QED) is 0.578. The Hall–Kier alpha value is -2.96. The number of hydrogen-bond acceptors (Lipinski definition) is 5. The van der Waals surface area contributed by atoms with Crippen LogP contribution in [0.4, 0.5) is 10.1 Å². The second-order valence-corrected chi connectivity index (χ2v) is 11.1. The second-order valence-electron chi connectivity index (χ2n) is 9.37. The third kappa shape index (κ3) is 4.45. The molecule has 1 saturated heterocycles. The summed E-state index contributed by atoms with van der Waals surface area (Å²) in [6.45, 7) is 0. The Balaban J connectivity index is 1.26. The molecule has 0 aromatic heterocycles. The summed E-state index contributed by atoms with van der Waals surface area (Å²) in [5.74, 6) is 1.06. The van der Waals surface area contributed by atoms with Gasteiger partial charge >= 0.3 is 0 Å². The molecule has 5 rings (SSSR count). The largest absolute Gasteiger partial charge is 0.339 e. The molecule has 0 spiro atoms. The number of hydrogen-bond donors (Lipinski definition) is 3. The lowest BCUT2D eigenvalue weighted by Gasteiger charge is -2.23. The molecule has 6 atom stereocenters. The zero-order valence-electron chi connectivity index (χ0n) is 18.1. The summed E-state index contributed by atoms with van der Waals surface area (Å²) >= 11 is 0. The van der Waals surface area contributed by atoms with E-state index in [1.807, 2.05) is 0 Å². The number of fused-ring (bicyclic) bond motifs is 5. The number of nitriles is 1. The normalized spacial score (nSPS) is 28.0. The molecule has 7 nitrogen and oxygen atoms in total. The van der Waals surface area contributed by atoms with Crippen LogP contribution in [0.2, 0.25) is 0 Å². The number of nitrogens with zero attached hydrogens (tertiary/aromatic N) is 1. The maximum absolute atomic E-state index is 14.9. The minimum atomic E-state index is -3.42. The average Bonchev–Trinajstić information content (AvgIpc) is 3.36. The summed E-state index contributed by atoms with van der Waals surface area (Å²) in [5, 5.41) is 15.7. The first-order valence-electron chi connectivity index (χ1n) is 11.0. The van der Waals surface area contributed by atoms with Crippen molar-refractivity contribution < 1.29 is 17.6 Å². The number of carbonyl (C=O) groups excluding carboxylic acids is 1. The SMILES string of the molecule is CS(=O)(=O)Nc1cccc(-c2ccc(C[C@@H](C#N)NC(=O)[C@H]3N[C@H]4C[C@H]3[C@@H]3C[C@@H]34)c(F)c2)c1. The summed E-state index contributed by atoms with van der Waals surface area (Å²) in [6.07, 6.45) is 3.35. The van der Waals surface area contributed by atoms with Crippen LogP contribution in [0.15, 0.2) is 42.5 Å². The van der Waals surface area contributed by atoms with Gasteiger partial charge in [0.05, 0.1) is 18.4 Å². The van der Waals surface area contributed by atoms with Crippen molar-refractivity contribution in [2.24, 2.45) is 17.8 Å². The van der Waals surface area contributed by atoms with E-state index in [2.05, 4.69) is 21.4 Å². The summed E-state index contributed by atoms with van der Waals surface area (Å²) in [4.78, 5) is 12.7. The molecule has 2 bridgehead atoms. The number of benzene rings is 2. The first kappa shape index (κ1) is 21.9. The zero-order valence-corrected chi connectivity index (χ0v) is 18.9. The van der Waals surface area contributed by atoms with Crippen LogP contribution in [0.25, 0.3) is 11.1 Å². The standard InChI is InChI=1S/C24H25FN4O3S/c1-33(31,32)29-16-4-2-3-13(7-16)14-5-6-15(21(25)9-14)8-17(12-26)27-24(30)23-20-11-22(28-23)19-10-18(19)20/h2-7,9,17-20,22-23,28-29H,8,10-11H2,1H3,(H,27,30)/t17-,18+,19-,20-,22-,23-/m0/s1. The number of carbonyl (C=O) groups is 1. The lowest BCUT2D eigenvalue weighted by molar-refractivity contribution is -0.124. The van der Waals surface area contributed by atoms with Crippen LogP contribution in [0, 0.1) is 34.9 Å². The molecule has 3 N–H and O–H groups in total. The molecule has 9 heteroatoms. The van der Waals surface area contributed by atoms with Gasteiger partial charge in [-0.25, -0.2) is 12.8 Å². The van der Waals surface area contributed by atoms with Crippen molar-refractivity contribution in [3.63, 3.8) is 0 Å². The van der Waals surface area contributed by atoms with Crippen LogP contribution < -0.4 is 15.4 Å². The third-order valence-electron chi connectivity index (χ3n) is 7.04. The van der Waals surface area contributed by atoms with Crippen molar-refractivity contribution in [2.75, 3.05) is 11.0 Å². The molecule has 0 unspecified atom stereocenters. The minimum Gasteiger partial charge on any atom is -0.339 e. The molecule has 0 radical (unpaired) electrons. The van der Waals surface area contributed by atoms with Gasteiger partial charge in [-0.2, -0.15) is 5.26 Å². The Labute approximate surface area is 192 Å². The molecule has 1 aliphatic heterocycles. The van der Waals surface area contributed by atoms with E-state index in [9.17, 15) is 22.9 Å². The number of nitrogens with one attached hydrogen (secondary N) is 3. The molecule has 3 fully saturated rings. The fraction of sp³-hybridized carbons (Fsp3) is 0.417. The molecular formula is C24H25FN4O3S. The van der Waals surface area contributed by atoms with Crippen LogP contribution in [-0.4, -0.2) is 38.7 Å². The van der Waals surface area contributed by atoms with E-state index in [0.717, 1.165) is 18.6 Å². The van der Waals surface area contributed by atoms with Gasteiger partial charge < -0.3 is 10.6 Å². The Morgan fingerprint density at radius 1 is 1.18 bits per heavy atom. The maximum atomic E-state index is 14.9. The molecule has 2 aliphatic carbocycles. The van der Waals surface area contributed by atoms with Gasteiger partial charge in [0.2, 0.25) is 15.9 Å². The van der Waals surface area contributed by atoms with Gasteiger partial charge in [-0.05, 0) is 65.5 Å². The van der Waals surface area contributed by atoms with Gasteiger partial charge in [-0.1, -0.05) is 24.3 Å². The molecule has 33 heavy (non-hydrogen) atoms. The molecule has 3 aliphatic rings. The number of sulfonamides is 1. The van der Waals surface area contributed by atoms with E-state index in [1.54, 1.807) is 36.4 Å². The van der Waals surface area contributed by atoms with Crippen molar-refractivity contribution >= 4 is 21.6 Å². The van der Waals surface area contributed by atoms with Gasteiger partial charge in [-0.15, -0.1) is 0 Å². The predicted octanol–water partition coefficient (Wildman–Crippen LogP) is 2.41. The first-order chi connectivity index (χ1) is 15.7. The van der Waals surface area contributed by atoms with Crippen molar-refractivity contribution in [1.29, 1.82) is 5.26 Å². The number of halogens is 1. The fourth-order valence-corrected chi connectivity index (χ4v) is 6.07. The number of anilines is 1. The molecule has 1 amide bonds. The van der Waals surface area contributed by atoms with Gasteiger partial charge in [0.15, 0.2) is 0 Å². The van der Waals surface area contributed by atoms with E-state index >= 15 is 0 Å². The van der Waals surface area contributed by atoms with Crippen LogP contribution in [0.5, 0.6) is 0 Å². The van der Waals surface area contributed by atoms with Gasteiger partial charge in [-0.3, -0.25) is 9.52 Å². The van der Waals surface area contributed by atoms with Gasteiger partial charge in [0.1, 0.15) is 11.9 Å². The highest BCUT2D eigenvalue weighted by atomic mass is 32.2. The van der Waals surface area contributed by atoms with E-state index in [1.165, 1.54) is 12.5 Å². The van der Waals surface area contributed by atoms with E-state index in [0.29, 0.717) is 40.3 Å².